The lowest BCUT2D eigenvalue weighted by Crippen LogP contribution is -2.27. The Hall–Kier alpha value is -2.61. The van der Waals surface area contributed by atoms with Crippen LogP contribution in [0.3, 0.4) is 0 Å². The molecule has 0 fully saturated rings. The quantitative estimate of drug-likeness (QED) is 0.750. The average molecular weight is 380 g/mol. The number of halogens is 2. The first-order chi connectivity index (χ1) is 12.3. The van der Waals surface area contributed by atoms with Crippen LogP contribution in [0.4, 0.5) is 14.5 Å². The minimum Gasteiger partial charge on any atom is -0.484 e. The van der Waals surface area contributed by atoms with Gasteiger partial charge in [0, 0.05) is 24.7 Å². The Kier molecular flexibility index (Phi) is 6.97. The minimum absolute atomic E-state index is 0.0562. The zero-order chi connectivity index (χ0) is 19.1. The summed E-state index contributed by atoms with van der Waals surface area (Å²) in [5.41, 5.74) is 0.562. The van der Waals surface area contributed by atoms with Gasteiger partial charge >= 0.3 is 0 Å². The van der Waals surface area contributed by atoms with Gasteiger partial charge in [0.1, 0.15) is 5.75 Å². The van der Waals surface area contributed by atoms with Gasteiger partial charge in [-0.15, -0.1) is 11.8 Å². The van der Waals surface area contributed by atoms with Gasteiger partial charge in [0.2, 0.25) is 5.91 Å². The average Bonchev–Trinajstić information content (AvgIpc) is 2.61. The Bertz CT molecular complexity index is 783. The number of amides is 2. The van der Waals surface area contributed by atoms with Crippen LogP contribution in [0, 0.1) is 11.6 Å². The molecule has 0 bridgehead atoms. The molecule has 8 heteroatoms. The number of rotatable bonds is 7. The lowest BCUT2D eigenvalue weighted by atomic mass is 10.3. The number of carbonyl (C=O) groups is 2. The summed E-state index contributed by atoms with van der Waals surface area (Å²) in [6.07, 6.45) is 0. The van der Waals surface area contributed by atoms with E-state index >= 15 is 0 Å². The number of anilines is 1. The molecule has 0 aliphatic heterocycles. The van der Waals surface area contributed by atoms with Crippen molar-refractivity contribution in [2.24, 2.45) is 0 Å². The van der Waals surface area contributed by atoms with Crippen LogP contribution in [0.2, 0.25) is 0 Å². The molecule has 0 aliphatic rings. The van der Waals surface area contributed by atoms with Gasteiger partial charge in [0.15, 0.2) is 18.2 Å². The molecule has 0 atom stereocenters. The molecule has 2 aromatic carbocycles. The summed E-state index contributed by atoms with van der Waals surface area (Å²) in [5.74, 6) is -1.74. The molecule has 0 aromatic heterocycles. The molecule has 138 valence electrons. The van der Waals surface area contributed by atoms with Crippen LogP contribution in [-0.4, -0.2) is 43.2 Å². The molecule has 0 radical (unpaired) electrons. The molecule has 0 spiro atoms. The molecule has 5 nitrogen and oxygen atoms in total. The monoisotopic (exact) mass is 380 g/mol. The number of thioether (sulfide) groups is 1. The molecular formula is C18H18F2N2O3S. The lowest BCUT2D eigenvalue weighted by Gasteiger charge is -2.11. The predicted molar refractivity (Wildman–Crippen MR) is 96.3 cm³/mol. The van der Waals surface area contributed by atoms with Gasteiger partial charge in [-0.2, -0.15) is 0 Å². The van der Waals surface area contributed by atoms with E-state index in [0.717, 1.165) is 23.9 Å². The molecule has 0 saturated carbocycles. The Labute approximate surface area is 154 Å². The second-order valence-electron chi connectivity index (χ2n) is 5.51. The van der Waals surface area contributed by atoms with Crippen molar-refractivity contribution in [2.45, 2.75) is 4.90 Å². The highest BCUT2D eigenvalue weighted by atomic mass is 32.2. The normalized spacial score (nSPS) is 10.3. The third-order valence-electron chi connectivity index (χ3n) is 3.26. The molecule has 2 rings (SSSR count). The summed E-state index contributed by atoms with van der Waals surface area (Å²) < 4.78 is 31.3. The first-order valence-corrected chi connectivity index (χ1v) is 8.64. The van der Waals surface area contributed by atoms with Crippen molar-refractivity contribution in [1.82, 2.24) is 4.90 Å². The number of nitrogens with zero attached hydrogens (tertiary/aromatic N) is 1. The Morgan fingerprint density at radius 3 is 2.38 bits per heavy atom. The number of likely N-dealkylation sites (N-methyl/N-ethyl adjacent to an activating group) is 1. The van der Waals surface area contributed by atoms with E-state index in [1.807, 2.05) is 0 Å². The van der Waals surface area contributed by atoms with E-state index in [1.165, 1.54) is 11.0 Å². The Morgan fingerprint density at radius 2 is 1.77 bits per heavy atom. The summed E-state index contributed by atoms with van der Waals surface area (Å²) in [7, 11) is 3.28. The summed E-state index contributed by atoms with van der Waals surface area (Å²) in [6.45, 7) is -0.0659. The Balaban J connectivity index is 1.81. The highest BCUT2D eigenvalue weighted by Gasteiger charge is 2.08. The van der Waals surface area contributed by atoms with Crippen LogP contribution < -0.4 is 10.1 Å². The van der Waals surface area contributed by atoms with Crippen molar-refractivity contribution in [2.75, 3.05) is 31.8 Å². The fourth-order valence-electron chi connectivity index (χ4n) is 1.82. The van der Waals surface area contributed by atoms with E-state index < -0.39 is 11.6 Å². The van der Waals surface area contributed by atoms with Crippen LogP contribution >= 0.6 is 11.8 Å². The van der Waals surface area contributed by atoms with Crippen molar-refractivity contribution < 1.29 is 23.1 Å². The van der Waals surface area contributed by atoms with Gasteiger partial charge in [0.25, 0.3) is 5.91 Å². The van der Waals surface area contributed by atoms with Crippen LogP contribution in [0.1, 0.15) is 0 Å². The Morgan fingerprint density at radius 1 is 1.08 bits per heavy atom. The highest BCUT2D eigenvalue weighted by molar-refractivity contribution is 8.00. The lowest BCUT2D eigenvalue weighted by molar-refractivity contribution is -0.130. The highest BCUT2D eigenvalue weighted by Crippen LogP contribution is 2.21. The van der Waals surface area contributed by atoms with Crippen molar-refractivity contribution in [3.8, 4) is 5.75 Å². The van der Waals surface area contributed by atoms with Gasteiger partial charge in [-0.1, -0.05) is 0 Å². The maximum atomic E-state index is 13.1. The third kappa shape index (κ3) is 6.03. The number of hydrogen-bond acceptors (Lipinski definition) is 4. The van der Waals surface area contributed by atoms with Gasteiger partial charge in [0.05, 0.1) is 5.75 Å². The van der Waals surface area contributed by atoms with E-state index in [-0.39, 0.29) is 24.2 Å². The first-order valence-electron chi connectivity index (χ1n) is 7.66. The topological polar surface area (TPSA) is 58.6 Å². The van der Waals surface area contributed by atoms with E-state index in [4.69, 9.17) is 4.74 Å². The molecule has 1 N–H and O–H groups in total. The molecule has 2 amide bonds. The SMILES string of the molecule is CN(C)C(=O)COc1ccc(NC(=O)CSc2ccc(F)c(F)c2)cc1. The number of benzene rings is 2. The minimum atomic E-state index is -0.946. The molecule has 0 aliphatic carbocycles. The van der Waals surface area contributed by atoms with Gasteiger partial charge in [-0.05, 0) is 42.5 Å². The van der Waals surface area contributed by atoms with Crippen molar-refractivity contribution >= 4 is 29.3 Å². The van der Waals surface area contributed by atoms with E-state index in [1.54, 1.807) is 38.4 Å². The second-order valence-corrected chi connectivity index (χ2v) is 6.56. The number of carbonyl (C=O) groups excluding carboxylic acids is 2. The molecule has 26 heavy (non-hydrogen) atoms. The van der Waals surface area contributed by atoms with Gasteiger partial charge in [-0.25, -0.2) is 8.78 Å². The first kappa shape index (κ1) is 19.7. The molecule has 0 unspecified atom stereocenters. The zero-order valence-electron chi connectivity index (χ0n) is 14.3. The largest absolute Gasteiger partial charge is 0.484 e. The van der Waals surface area contributed by atoms with E-state index in [9.17, 15) is 18.4 Å². The van der Waals surface area contributed by atoms with Crippen LogP contribution in [-0.2, 0) is 9.59 Å². The second kappa shape index (κ2) is 9.19. The van der Waals surface area contributed by atoms with Crippen molar-refractivity contribution in [3.05, 3.63) is 54.1 Å². The van der Waals surface area contributed by atoms with Crippen LogP contribution in [0.15, 0.2) is 47.4 Å². The summed E-state index contributed by atoms with van der Waals surface area (Å²) in [5, 5.41) is 2.69. The number of ether oxygens (including phenoxy) is 1. The number of hydrogen-bond donors (Lipinski definition) is 1. The summed E-state index contributed by atoms with van der Waals surface area (Å²) in [4.78, 5) is 25.3. The maximum Gasteiger partial charge on any atom is 0.259 e. The predicted octanol–water partition coefficient (Wildman–Crippen LogP) is 3.16. The molecular weight excluding hydrogens is 362 g/mol. The van der Waals surface area contributed by atoms with E-state index in [2.05, 4.69) is 5.32 Å². The van der Waals surface area contributed by atoms with Crippen molar-refractivity contribution in [1.29, 1.82) is 0 Å². The summed E-state index contributed by atoms with van der Waals surface area (Å²) in [6, 6.07) is 10.1. The standard InChI is InChI=1S/C18H18F2N2O3S/c1-22(2)18(24)10-25-13-5-3-12(4-6-13)21-17(23)11-26-14-7-8-15(19)16(20)9-14/h3-9H,10-11H2,1-2H3,(H,21,23). The summed E-state index contributed by atoms with van der Waals surface area (Å²) >= 11 is 1.10. The molecule has 2 aromatic rings. The number of nitrogens with one attached hydrogen (secondary N) is 1. The molecule has 0 saturated heterocycles. The fourth-order valence-corrected chi connectivity index (χ4v) is 2.54. The van der Waals surface area contributed by atoms with E-state index in [0.29, 0.717) is 16.3 Å². The van der Waals surface area contributed by atoms with Crippen LogP contribution in [0.25, 0.3) is 0 Å². The maximum absolute atomic E-state index is 13.1. The zero-order valence-corrected chi connectivity index (χ0v) is 15.1. The van der Waals surface area contributed by atoms with Crippen molar-refractivity contribution in [3.63, 3.8) is 0 Å². The van der Waals surface area contributed by atoms with Gasteiger partial charge < -0.3 is 15.0 Å². The smallest absolute Gasteiger partial charge is 0.259 e. The third-order valence-corrected chi connectivity index (χ3v) is 4.25. The molecule has 0 heterocycles. The van der Waals surface area contributed by atoms with Crippen LogP contribution in [0.5, 0.6) is 5.75 Å². The van der Waals surface area contributed by atoms with Gasteiger partial charge in [-0.3, -0.25) is 9.59 Å². The fraction of sp³-hybridized carbons (Fsp3) is 0.222.